The largest absolute Gasteiger partial charge is 0.342 e. The Morgan fingerprint density at radius 1 is 1.09 bits per heavy atom. The number of rotatable bonds is 9. The summed E-state index contributed by atoms with van der Waals surface area (Å²) in [6.45, 7) is 8.09. The lowest BCUT2D eigenvalue weighted by atomic mass is 10.0. The Labute approximate surface area is 213 Å². The summed E-state index contributed by atoms with van der Waals surface area (Å²) in [6, 6.07) is 12.0. The van der Waals surface area contributed by atoms with Crippen molar-refractivity contribution in [2.45, 2.75) is 44.8 Å². The first kappa shape index (κ1) is 26.1. The molecular weight excluding hydrogens is 493 g/mol. The number of thioether (sulfide) groups is 1. The predicted octanol–water partition coefficient (Wildman–Crippen LogP) is 6.09. The zero-order valence-electron chi connectivity index (χ0n) is 19.4. The lowest BCUT2D eigenvalue weighted by molar-refractivity contribution is -0.113. The van der Waals surface area contributed by atoms with Crippen molar-refractivity contribution in [3.63, 3.8) is 0 Å². The highest BCUT2D eigenvalue weighted by Crippen LogP contribution is 2.26. The molecule has 3 N–H and O–H groups in total. The van der Waals surface area contributed by atoms with Gasteiger partial charge in [-0.15, -0.1) is 5.10 Å². The monoisotopic (exact) mass is 519 g/mol. The second-order valence-electron chi connectivity index (χ2n) is 8.40. The van der Waals surface area contributed by atoms with Gasteiger partial charge in [0.25, 0.3) is 5.91 Å². The standard InChI is InChI=1S/C24H27Cl2N5O2S/c1-13(2)16-7-5-6-8-19(16)27-20(32)12-34-24-29-22(30-31-24)21(14(3)4)28-23(33)17-10-9-15(25)11-18(17)26/h5-11,13-14,21H,12H2,1-4H3,(H,27,32)(H,28,33)(H,29,30,31)/t21-/m1/s1. The van der Waals surface area contributed by atoms with E-state index >= 15 is 0 Å². The number of amides is 2. The molecule has 180 valence electrons. The molecule has 0 aliphatic heterocycles. The van der Waals surface area contributed by atoms with Gasteiger partial charge in [0.05, 0.1) is 22.4 Å². The topological polar surface area (TPSA) is 99.8 Å². The molecule has 0 saturated heterocycles. The smallest absolute Gasteiger partial charge is 0.253 e. The molecule has 3 aromatic rings. The molecule has 34 heavy (non-hydrogen) atoms. The van der Waals surface area contributed by atoms with Crippen LogP contribution in [0, 0.1) is 5.92 Å². The molecule has 3 rings (SSSR count). The zero-order chi connectivity index (χ0) is 24.8. The fourth-order valence-electron chi connectivity index (χ4n) is 3.34. The van der Waals surface area contributed by atoms with Crippen molar-refractivity contribution in [2.75, 3.05) is 11.1 Å². The first-order valence-electron chi connectivity index (χ1n) is 10.9. The normalized spacial score (nSPS) is 12.1. The van der Waals surface area contributed by atoms with E-state index < -0.39 is 6.04 Å². The lowest BCUT2D eigenvalue weighted by Crippen LogP contribution is -2.32. The summed E-state index contributed by atoms with van der Waals surface area (Å²) in [7, 11) is 0. The van der Waals surface area contributed by atoms with Gasteiger partial charge in [-0.1, -0.05) is 80.9 Å². The van der Waals surface area contributed by atoms with Crippen LogP contribution < -0.4 is 10.6 Å². The van der Waals surface area contributed by atoms with Crippen LogP contribution >= 0.6 is 35.0 Å². The summed E-state index contributed by atoms with van der Waals surface area (Å²) in [6.07, 6.45) is 0. The van der Waals surface area contributed by atoms with Crippen molar-refractivity contribution in [3.8, 4) is 0 Å². The minimum atomic E-state index is -0.423. The zero-order valence-corrected chi connectivity index (χ0v) is 21.7. The van der Waals surface area contributed by atoms with E-state index in [1.807, 2.05) is 38.1 Å². The van der Waals surface area contributed by atoms with Crippen LogP contribution in [0.2, 0.25) is 10.0 Å². The molecule has 1 aromatic heterocycles. The van der Waals surface area contributed by atoms with Crippen LogP contribution in [-0.4, -0.2) is 32.7 Å². The fourth-order valence-corrected chi connectivity index (χ4v) is 4.44. The van der Waals surface area contributed by atoms with Crippen LogP contribution in [-0.2, 0) is 4.79 Å². The summed E-state index contributed by atoms with van der Waals surface area (Å²) in [5.41, 5.74) is 2.21. The van der Waals surface area contributed by atoms with Crippen molar-refractivity contribution in [1.29, 1.82) is 0 Å². The van der Waals surface area contributed by atoms with Crippen LogP contribution in [0.15, 0.2) is 47.6 Å². The lowest BCUT2D eigenvalue weighted by Gasteiger charge is -2.20. The summed E-state index contributed by atoms with van der Waals surface area (Å²) in [5, 5.41) is 14.1. The molecule has 0 radical (unpaired) electrons. The number of aromatic amines is 1. The Hall–Kier alpha value is -2.55. The number of hydrogen-bond donors (Lipinski definition) is 3. The third kappa shape index (κ3) is 6.74. The SMILES string of the molecule is CC(C)c1ccccc1NC(=O)CSc1n[nH]c([C@H](NC(=O)c2ccc(Cl)cc2Cl)C(C)C)n1. The predicted molar refractivity (Wildman–Crippen MR) is 138 cm³/mol. The second kappa shape index (κ2) is 11.7. The Morgan fingerprint density at radius 2 is 1.82 bits per heavy atom. The Bertz CT molecular complexity index is 1170. The fraction of sp³-hybridized carbons (Fsp3) is 0.333. The molecule has 0 bridgehead atoms. The molecule has 0 unspecified atom stereocenters. The average Bonchev–Trinajstić information content (AvgIpc) is 3.24. The first-order valence-corrected chi connectivity index (χ1v) is 12.6. The van der Waals surface area contributed by atoms with Gasteiger partial charge in [-0.2, -0.15) is 0 Å². The Kier molecular flexibility index (Phi) is 8.99. The van der Waals surface area contributed by atoms with Gasteiger partial charge >= 0.3 is 0 Å². The summed E-state index contributed by atoms with van der Waals surface area (Å²) in [5.74, 6) is 0.497. The minimum Gasteiger partial charge on any atom is -0.342 e. The minimum absolute atomic E-state index is 0.0247. The Morgan fingerprint density at radius 3 is 2.50 bits per heavy atom. The van der Waals surface area contributed by atoms with Crippen molar-refractivity contribution in [1.82, 2.24) is 20.5 Å². The number of nitrogens with zero attached hydrogens (tertiary/aromatic N) is 2. The van der Waals surface area contributed by atoms with Gasteiger partial charge in [0.15, 0.2) is 0 Å². The van der Waals surface area contributed by atoms with Crippen LogP contribution in [0.4, 0.5) is 5.69 Å². The molecule has 2 aromatic carbocycles. The molecule has 0 fully saturated rings. The highest BCUT2D eigenvalue weighted by molar-refractivity contribution is 7.99. The van der Waals surface area contributed by atoms with Gasteiger partial charge in [-0.25, -0.2) is 4.98 Å². The van der Waals surface area contributed by atoms with Gasteiger partial charge < -0.3 is 10.6 Å². The maximum absolute atomic E-state index is 12.8. The van der Waals surface area contributed by atoms with E-state index in [9.17, 15) is 9.59 Å². The molecule has 0 aliphatic carbocycles. The average molecular weight is 520 g/mol. The number of halogens is 2. The summed E-state index contributed by atoms with van der Waals surface area (Å²) < 4.78 is 0. The van der Waals surface area contributed by atoms with Crippen LogP contribution in [0.5, 0.6) is 0 Å². The van der Waals surface area contributed by atoms with E-state index in [1.54, 1.807) is 12.1 Å². The van der Waals surface area contributed by atoms with Gasteiger partial charge in [-0.3, -0.25) is 14.7 Å². The van der Waals surface area contributed by atoms with Crippen LogP contribution in [0.1, 0.15) is 61.4 Å². The molecular formula is C24H27Cl2N5O2S. The third-order valence-corrected chi connectivity index (χ3v) is 6.49. The highest BCUT2D eigenvalue weighted by Gasteiger charge is 2.24. The van der Waals surface area contributed by atoms with Gasteiger partial charge in [-0.05, 0) is 41.7 Å². The number of anilines is 1. The number of carbonyl (C=O) groups is 2. The van der Waals surface area contributed by atoms with Crippen LogP contribution in [0.25, 0.3) is 0 Å². The second-order valence-corrected chi connectivity index (χ2v) is 10.2. The highest BCUT2D eigenvalue weighted by atomic mass is 35.5. The number of aromatic nitrogens is 3. The summed E-state index contributed by atoms with van der Waals surface area (Å²) >= 11 is 13.3. The number of benzene rings is 2. The van der Waals surface area contributed by atoms with Gasteiger partial charge in [0.1, 0.15) is 5.82 Å². The van der Waals surface area contributed by atoms with E-state index in [-0.39, 0.29) is 28.5 Å². The van der Waals surface area contributed by atoms with E-state index in [0.717, 1.165) is 11.3 Å². The van der Waals surface area contributed by atoms with Crippen molar-refractivity contribution >= 4 is 52.5 Å². The molecule has 1 heterocycles. The number of nitrogens with one attached hydrogen (secondary N) is 3. The number of hydrogen-bond acceptors (Lipinski definition) is 5. The third-order valence-electron chi connectivity index (χ3n) is 5.10. The van der Waals surface area contributed by atoms with Gasteiger partial charge in [0.2, 0.25) is 11.1 Å². The van der Waals surface area contributed by atoms with Crippen molar-refractivity contribution in [2.24, 2.45) is 5.92 Å². The number of carbonyl (C=O) groups excluding carboxylic acids is 2. The van der Waals surface area contributed by atoms with Crippen molar-refractivity contribution < 1.29 is 9.59 Å². The maximum Gasteiger partial charge on any atom is 0.253 e. The van der Waals surface area contributed by atoms with Crippen LogP contribution in [0.3, 0.4) is 0 Å². The first-order chi connectivity index (χ1) is 16.2. The molecule has 1 atom stereocenters. The molecule has 0 spiro atoms. The molecule has 10 heteroatoms. The van der Waals surface area contributed by atoms with E-state index in [4.69, 9.17) is 23.2 Å². The number of para-hydroxylation sites is 1. The maximum atomic E-state index is 12.8. The molecule has 0 aliphatic rings. The quantitative estimate of drug-likeness (QED) is 0.297. The van der Waals surface area contributed by atoms with E-state index in [0.29, 0.717) is 27.5 Å². The van der Waals surface area contributed by atoms with E-state index in [2.05, 4.69) is 39.7 Å². The van der Waals surface area contributed by atoms with Gasteiger partial charge in [0, 0.05) is 10.7 Å². The molecule has 7 nitrogen and oxygen atoms in total. The molecule has 0 saturated carbocycles. The molecule has 2 amide bonds. The number of H-pyrrole nitrogens is 1. The van der Waals surface area contributed by atoms with E-state index in [1.165, 1.54) is 17.8 Å². The summed E-state index contributed by atoms with van der Waals surface area (Å²) in [4.78, 5) is 29.8. The van der Waals surface area contributed by atoms with Crippen molar-refractivity contribution in [3.05, 3.63) is 69.5 Å². The Balaban J connectivity index is 1.63.